The van der Waals surface area contributed by atoms with Crippen LogP contribution in [0, 0.1) is 0 Å². The van der Waals surface area contributed by atoms with Crippen molar-refractivity contribution in [3.8, 4) is 5.75 Å². The summed E-state index contributed by atoms with van der Waals surface area (Å²) < 4.78 is 5.73. The van der Waals surface area contributed by atoms with E-state index in [0.29, 0.717) is 27.9 Å². The molecule has 1 amide bonds. The normalized spacial score (nSPS) is 10.8. The Bertz CT molecular complexity index is 701. The first kappa shape index (κ1) is 19.6. The number of hydrogen-bond acceptors (Lipinski definition) is 3. The molecule has 0 unspecified atom stereocenters. The van der Waals surface area contributed by atoms with Crippen LogP contribution >= 0.6 is 23.2 Å². The topological polar surface area (TPSA) is 41.6 Å². The third-order valence-electron chi connectivity index (χ3n) is 3.86. The van der Waals surface area contributed by atoms with Crippen LogP contribution in [0.1, 0.15) is 24.2 Å². The molecule has 0 spiro atoms. The molecule has 6 heteroatoms. The van der Waals surface area contributed by atoms with Gasteiger partial charge in [-0.25, -0.2) is 0 Å². The summed E-state index contributed by atoms with van der Waals surface area (Å²) >= 11 is 11.9. The summed E-state index contributed by atoms with van der Waals surface area (Å²) in [5.41, 5.74) is 1.05. The number of amides is 1. The number of nitrogens with zero attached hydrogens (tertiary/aromatic N) is 1. The summed E-state index contributed by atoms with van der Waals surface area (Å²) in [7, 11) is 0. The maximum atomic E-state index is 12.3. The minimum Gasteiger partial charge on any atom is -0.492 e. The van der Waals surface area contributed by atoms with Crippen LogP contribution in [0.15, 0.2) is 42.5 Å². The minimum absolute atomic E-state index is 0.281. The van der Waals surface area contributed by atoms with Gasteiger partial charge in [0.25, 0.3) is 5.91 Å². The van der Waals surface area contributed by atoms with Gasteiger partial charge in [0, 0.05) is 17.3 Å². The van der Waals surface area contributed by atoms with Crippen molar-refractivity contribution in [2.24, 2.45) is 0 Å². The zero-order valence-electron chi connectivity index (χ0n) is 14.4. The van der Waals surface area contributed by atoms with E-state index in [0.717, 1.165) is 25.4 Å². The molecule has 0 fully saturated rings. The molecule has 134 valence electrons. The third kappa shape index (κ3) is 5.92. The van der Waals surface area contributed by atoms with E-state index in [2.05, 4.69) is 24.1 Å². The lowest BCUT2D eigenvalue weighted by molar-refractivity contribution is 0.102. The lowest BCUT2D eigenvalue weighted by atomic mass is 10.2. The number of carbonyl (C=O) groups excluding carboxylic acids is 1. The molecule has 2 aromatic rings. The number of ether oxygens (including phenoxy) is 1. The van der Waals surface area contributed by atoms with Crippen molar-refractivity contribution in [2.75, 3.05) is 31.6 Å². The first-order valence-electron chi connectivity index (χ1n) is 8.25. The molecule has 0 bridgehead atoms. The smallest absolute Gasteiger partial charge is 0.257 e. The largest absolute Gasteiger partial charge is 0.492 e. The van der Waals surface area contributed by atoms with E-state index in [4.69, 9.17) is 27.9 Å². The fourth-order valence-electron chi connectivity index (χ4n) is 2.34. The van der Waals surface area contributed by atoms with Gasteiger partial charge in [0.05, 0.1) is 10.6 Å². The number of benzene rings is 2. The first-order valence-corrected chi connectivity index (χ1v) is 9.00. The van der Waals surface area contributed by atoms with Crippen molar-refractivity contribution in [1.29, 1.82) is 0 Å². The average Bonchev–Trinajstić information content (AvgIpc) is 2.60. The van der Waals surface area contributed by atoms with Crippen LogP contribution in [0.5, 0.6) is 5.75 Å². The Kier molecular flexibility index (Phi) is 7.56. The predicted octanol–water partition coefficient (Wildman–Crippen LogP) is 4.97. The van der Waals surface area contributed by atoms with Crippen molar-refractivity contribution in [3.05, 3.63) is 58.1 Å². The number of hydrogen-bond donors (Lipinski definition) is 1. The highest BCUT2D eigenvalue weighted by Crippen LogP contribution is 2.22. The zero-order chi connectivity index (χ0) is 18.2. The van der Waals surface area contributed by atoms with E-state index < -0.39 is 0 Å². The molecular formula is C19H22Cl2N2O2. The Morgan fingerprint density at radius 1 is 1.08 bits per heavy atom. The Balaban J connectivity index is 1.90. The zero-order valence-corrected chi connectivity index (χ0v) is 15.9. The maximum Gasteiger partial charge on any atom is 0.257 e. The molecule has 2 rings (SSSR count). The van der Waals surface area contributed by atoms with Gasteiger partial charge >= 0.3 is 0 Å². The van der Waals surface area contributed by atoms with Gasteiger partial charge in [0.2, 0.25) is 0 Å². The van der Waals surface area contributed by atoms with Crippen molar-refractivity contribution >= 4 is 34.8 Å². The monoisotopic (exact) mass is 380 g/mol. The molecule has 0 aliphatic carbocycles. The van der Waals surface area contributed by atoms with E-state index in [1.54, 1.807) is 30.3 Å². The van der Waals surface area contributed by atoms with E-state index >= 15 is 0 Å². The van der Waals surface area contributed by atoms with Crippen LogP contribution in [-0.2, 0) is 0 Å². The van der Waals surface area contributed by atoms with E-state index in [1.165, 1.54) is 0 Å². The average molecular weight is 381 g/mol. The van der Waals surface area contributed by atoms with E-state index in [-0.39, 0.29) is 5.91 Å². The second-order valence-corrected chi connectivity index (χ2v) is 6.32. The van der Waals surface area contributed by atoms with Gasteiger partial charge in [0.1, 0.15) is 12.4 Å². The summed E-state index contributed by atoms with van der Waals surface area (Å²) in [5.74, 6) is 0.492. The van der Waals surface area contributed by atoms with Crippen molar-refractivity contribution in [3.63, 3.8) is 0 Å². The molecule has 0 saturated heterocycles. The fourth-order valence-corrected chi connectivity index (χ4v) is 2.83. The number of likely N-dealkylation sites (N-methyl/N-ethyl adjacent to an activating group) is 1. The molecule has 0 heterocycles. The number of halogens is 2. The van der Waals surface area contributed by atoms with Gasteiger partial charge in [-0.2, -0.15) is 0 Å². The Morgan fingerprint density at radius 2 is 1.76 bits per heavy atom. The van der Waals surface area contributed by atoms with Gasteiger partial charge in [-0.15, -0.1) is 0 Å². The predicted molar refractivity (Wildman–Crippen MR) is 104 cm³/mol. The van der Waals surface area contributed by atoms with Crippen LogP contribution in [0.25, 0.3) is 0 Å². The van der Waals surface area contributed by atoms with Gasteiger partial charge < -0.3 is 15.0 Å². The lowest BCUT2D eigenvalue weighted by Gasteiger charge is -2.18. The Labute approximate surface area is 158 Å². The number of carbonyl (C=O) groups is 1. The molecule has 0 radical (unpaired) electrons. The molecule has 0 saturated carbocycles. The summed E-state index contributed by atoms with van der Waals surface area (Å²) in [4.78, 5) is 14.6. The third-order valence-corrected chi connectivity index (χ3v) is 4.41. The number of anilines is 1. The second kappa shape index (κ2) is 9.66. The number of nitrogens with one attached hydrogen (secondary N) is 1. The maximum absolute atomic E-state index is 12.3. The summed E-state index contributed by atoms with van der Waals surface area (Å²) in [6, 6.07) is 12.1. The van der Waals surface area contributed by atoms with Crippen molar-refractivity contribution in [1.82, 2.24) is 4.90 Å². The van der Waals surface area contributed by atoms with Crippen LogP contribution in [-0.4, -0.2) is 37.0 Å². The number of rotatable bonds is 8. The molecule has 0 aromatic heterocycles. The van der Waals surface area contributed by atoms with Gasteiger partial charge in [-0.05, 0) is 55.6 Å². The molecule has 0 aliphatic rings. The minimum atomic E-state index is -0.281. The van der Waals surface area contributed by atoms with Crippen LogP contribution in [0.2, 0.25) is 10.0 Å². The highest BCUT2D eigenvalue weighted by molar-refractivity contribution is 6.37. The summed E-state index contributed by atoms with van der Waals surface area (Å²) in [5, 5.41) is 3.62. The van der Waals surface area contributed by atoms with Gasteiger partial charge in [0.15, 0.2) is 0 Å². The van der Waals surface area contributed by atoms with Crippen LogP contribution in [0.3, 0.4) is 0 Å². The summed E-state index contributed by atoms with van der Waals surface area (Å²) in [6.07, 6.45) is 0. The van der Waals surface area contributed by atoms with E-state index in [1.807, 2.05) is 12.1 Å². The quantitative estimate of drug-likeness (QED) is 0.702. The first-order chi connectivity index (χ1) is 12.0. The SMILES string of the molecule is CCN(CC)CCOc1ccc(NC(=O)c2ccc(Cl)cc2Cl)cc1. The molecule has 0 aliphatic heterocycles. The molecule has 1 N–H and O–H groups in total. The van der Waals surface area contributed by atoms with Gasteiger partial charge in [-0.1, -0.05) is 37.0 Å². The fraction of sp³-hybridized carbons (Fsp3) is 0.316. The molecule has 0 atom stereocenters. The summed E-state index contributed by atoms with van der Waals surface area (Å²) in [6.45, 7) is 7.81. The second-order valence-electron chi connectivity index (χ2n) is 5.48. The van der Waals surface area contributed by atoms with Crippen molar-refractivity contribution in [2.45, 2.75) is 13.8 Å². The lowest BCUT2D eigenvalue weighted by Crippen LogP contribution is -2.27. The van der Waals surface area contributed by atoms with Crippen LogP contribution in [0.4, 0.5) is 5.69 Å². The Morgan fingerprint density at radius 3 is 2.36 bits per heavy atom. The molecule has 4 nitrogen and oxygen atoms in total. The van der Waals surface area contributed by atoms with Crippen LogP contribution < -0.4 is 10.1 Å². The highest BCUT2D eigenvalue weighted by atomic mass is 35.5. The standard InChI is InChI=1S/C19H22Cl2N2O2/c1-3-23(4-2)11-12-25-16-8-6-15(7-9-16)22-19(24)17-10-5-14(20)13-18(17)21/h5-10,13H,3-4,11-12H2,1-2H3,(H,22,24). The Hall–Kier alpha value is -1.75. The van der Waals surface area contributed by atoms with Crippen molar-refractivity contribution < 1.29 is 9.53 Å². The molecular weight excluding hydrogens is 359 g/mol. The molecule has 25 heavy (non-hydrogen) atoms. The van der Waals surface area contributed by atoms with E-state index in [9.17, 15) is 4.79 Å². The highest BCUT2D eigenvalue weighted by Gasteiger charge is 2.11. The van der Waals surface area contributed by atoms with Gasteiger partial charge in [-0.3, -0.25) is 4.79 Å². The molecule has 2 aromatic carbocycles.